The molecule has 1 aromatic carbocycles. The number of esters is 1. The van der Waals surface area contributed by atoms with Crippen molar-refractivity contribution in [1.29, 1.82) is 0 Å². The molecule has 19 heavy (non-hydrogen) atoms. The van der Waals surface area contributed by atoms with Crippen LogP contribution in [0.2, 0.25) is 0 Å². The van der Waals surface area contributed by atoms with E-state index in [0.29, 0.717) is 12.1 Å². The van der Waals surface area contributed by atoms with Crippen LogP contribution in [0.1, 0.15) is 17.3 Å². The fourth-order valence-electron chi connectivity index (χ4n) is 1.82. The first-order valence-electron chi connectivity index (χ1n) is 5.77. The van der Waals surface area contributed by atoms with E-state index in [1.54, 1.807) is 25.6 Å². The van der Waals surface area contributed by atoms with Crippen LogP contribution < -0.4 is 0 Å². The van der Waals surface area contributed by atoms with Gasteiger partial charge < -0.3 is 14.0 Å². The Morgan fingerprint density at radius 2 is 2.21 bits per heavy atom. The molecule has 0 spiro atoms. The van der Waals surface area contributed by atoms with Crippen molar-refractivity contribution in [2.45, 2.75) is 18.4 Å². The van der Waals surface area contributed by atoms with Gasteiger partial charge in [0.15, 0.2) is 0 Å². The first-order chi connectivity index (χ1) is 8.96. The molecule has 0 amide bonds. The number of fused-ring (bicyclic) bond motifs is 1. The highest BCUT2D eigenvalue weighted by atomic mass is 32.1. The molecular formula is C13H16N2O3S. The van der Waals surface area contributed by atoms with Gasteiger partial charge in [0.25, 0.3) is 0 Å². The SMILES string of the molecule is COC(=O)c1ccc2c(c1)ncn2CC(C)(S)OC. The van der Waals surface area contributed by atoms with Crippen LogP contribution >= 0.6 is 12.6 Å². The predicted octanol–water partition coefficient (Wildman–Crippen LogP) is 2.12. The molecule has 1 unspecified atom stereocenters. The maximum atomic E-state index is 11.5. The van der Waals surface area contributed by atoms with Gasteiger partial charge in [-0.3, -0.25) is 0 Å². The van der Waals surface area contributed by atoms with Gasteiger partial charge in [-0.15, -0.1) is 12.6 Å². The highest BCUT2D eigenvalue weighted by Gasteiger charge is 2.19. The number of hydrogen-bond donors (Lipinski definition) is 1. The van der Waals surface area contributed by atoms with E-state index in [1.165, 1.54) is 7.11 Å². The average molecular weight is 280 g/mol. The Labute approximate surface area is 116 Å². The Morgan fingerprint density at radius 1 is 1.47 bits per heavy atom. The maximum absolute atomic E-state index is 11.5. The second kappa shape index (κ2) is 5.22. The molecule has 2 rings (SSSR count). The molecule has 0 aliphatic heterocycles. The average Bonchev–Trinajstić information content (AvgIpc) is 2.79. The number of rotatable bonds is 4. The Hall–Kier alpha value is -1.53. The number of methoxy groups -OCH3 is 2. The van der Waals surface area contributed by atoms with Gasteiger partial charge in [0.1, 0.15) is 4.93 Å². The molecule has 0 saturated carbocycles. The van der Waals surface area contributed by atoms with E-state index in [2.05, 4.69) is 22.3 Å². The largest absolute Gasteiger partial charge is 0.465 e. The number of hydrogen-bond acceptors (Lipinski definition) is 5. The van der Waals surface area contributed by atoms with E-state index in [0.717, 1.165) is 11.0 Å². The lowest BCUT2D eigenvalue weighted by molar-refractivity contribution is 0.0600. The normalized spacial score (nSPS) is 14.3. The molecule has 0 bridgehead atoms. The van der Waals surface area contributed by atoms with Crippen LogP contribution in [-0.4, -0.2) is 34.7 Å². The summed E-state index contributed by atoms with van der Waals surface area (Å²) in [5, 5.41) is 0. The van der Waals surface area contributed by atoms with Crippen LogP contribution in [0.25, 0.3) is 11.0 Å². The van der Waals surface area contributed by atoms with Gasteiger partial charge in [-0.05, 0) is 25.1 Å². The third-order valence-electron chi connectivity index (χ3n) is 2.95. The molecule has 5 nitrogen and oxygen atoms in total. The van der Waals surface area contributed by atoms with Crippen LogP contribution in [-0.2, 0) is 16.0 Å². The number of aromatic nitrogens is 2. The zero-order chi connectivity index (χ0) is 14.0. The lowest BCUT2D eigenvalue weighted by Crippen LogP contribution is -2.25. The molecule has 1 heterocycles. The lowest BCUT2D eigenvalue weighted by Gasteiger charge is -2.22. The number of thiol groups is 1. The predicted molar refractivity (Wildman–Crippen MR) is 75.5 cm³/mol. The molecular weight excluding hydrogens is 264 g/mol. The number of carbonyl (C=O) groups is 1. The third-order valence-corrected chi connectivity index (χ3v) is 3.27. The summed E-state index contributed by atoms with van der Waals surface area (Å²) in [6.45, 7) is 2.44. The smallest absolute Gasteiger partial charge is 0.337 e. The summed E-state index contributed by atoms with van der Waals surface area (Å²) in [6.07, 6.45) is 1.71. The minimum Gasteiger partial charge on any atom is -0.465 e. The van der Waals surface area contributed by atoms with Gasteiger partial charge in [-0.25, -0.2) is 9.78 Å². The standard InChI is InChI=1S/C13H16N2O3S/c1-13(19,18-3)7-15-8-14-10-6-9(12(16)17-2)4-5-11(10)15/h4-6,8,19H,7H2,1-3H3. The molecule has 0 aliphatic carbocycles. The highest BCUT2D eigenvalue weighted by molar-refractivity contribution is 7.81. The molecule has 0 saturated heterocycles. The second-order valence-electron chi connectivity index (χ2n) is 4.45. The molecule has 2 aromatic rings. The Morgan fingerprint density at radius 3 is 2.84 bits per heavy atom. The number of nitrogens with zero attached hydrogens (tertiary/aromatic N) is 2. The van der Waals surface area contributed by atoms with Gasteiger partial charge in [-0.1, -0.05) is 0 Å². The van der Waals surface area contributed by atoms with Crippen molar-refractivity contribution in [3.63, 3.8) is 0 Å². The summed E-state index contributed by atoms with van der Waals surface area (Å²) in [6, 6.07) is 5.27. The third kappa shape index (κ3) is 2.90. The summed E-state index contributed by atoms with van der Waals surface area (Å²) in [5.74, 6) is -0.368. The molecule has 0 aliphatic rings. The number of imidazole rings is 1. The molecule has 102 valence electrons. The van der Waals surface area contributed by atoms with Crippen molar-refractivity contribution in [2.75, 3.05) is 14.2 Å². The van der Waals surface area contributed by atoms with E-state index in [4.69, 9.17) is 4.74 Å². The van der Waals surface area contributed by atoms with Crippen LogP contribution in [0.4, 0.5) is 0 Å². The van der Waals surface area contributed by atoms with Gasteiger partial charge in [0.05, 0.1) is 36.6 Å². The fourth-order valence-corrected chi connectivity index (χ4v) is 1.97. The summed E-state index contributed by atoms with van der Waals surface area (Å²) in [4.78, 5) is 15.2. The van der Waals surface area contributed by atoms with Crippen LogP contribution in [0.15, 0.2) is 24.5 Å². The van der Waals surface area contributed by atoms with E-state index in [-0.39, 0.29) is 5.97 Å². The molecule has 0 N–H and O–H groups in total. The quantitative estimate of drug-likeness (QED) is 0.529. The van der Waals surface area contributed by atoms with Gasteiger partial charge in [-0.2, -0.15) is 0 Å². The Kier molecular flexibility index (Phi) is 3.82. The summed E-state index contributed by atoms with van der Waals surface area (Å²) >= 11 is 4.42. The van der Waals surface area contributed by atoms with Crippen LogP contribution in [0.3, 0.4) is 0 Å². The zero-order valence-electron chi connectivity index (χ0n) is 11.1. The monoisotopic (exact) mass is 280 g/mol. The molecule has 6 heteroatoms. The van der Waals surface area contributed by atoms with Gasteiger partial charge in [0, 0.05) is 7.11 Å². The first kappa shape index (κ1) is 13.9. The number of benzene rings is 1. The fraction of sp³-hybridized carbons (Fsp3) is 0.385. The van der Waals surface area contributed by atoms with E-state index in [9.17, 15) is 4.79 Å². The lowest BCUT2D eigenvalue weighted by atomic mass is 10.2. The number of carbonyl (C=O) groups excluding carboxylic acids is 1. The minimum absolute atomic E-state index is 0.368. The van der Waals surface area contributed by atoms with E-state index < -0.39 is 4.93 Å². The molecule has 1 atom stereocenters. The molecule has 0 fully saturated rings. The van der Waals surface area contributed by atoms with Crippen LogP contribution in [0, 0.1) is 0 Å². The van der Waals surface area contributed by atoms with Crippen molar-refractivity contribution in [3.05, 3.63) is 30.1 Å². The maximum Gasteiger partial charge on any atom is 0.337 e. The van der Waals surface area contributed by atoms with Gasteiger partial charge >= 0.3 is 5.97 Å². The summed E-state index contributed by atoms with van der Waals surface area (Å²) in [7, 11) is 2.97. The minimum atomic E-state index is -0.575. The second-order valence-corrected chi connectivity index (χ2v) is 5.39. The Bertz CT molecular complexity index is 607. The topological polar surface area (TPSA) is 53.3 Å². The first-order valence-corrected chi connectivity index (χ1v) is 6.22. The summed E-state index contributed by atoms with van der Waals surface area (Å²) in [5.41, 5.74) is 2.15. The van der Waals surface area contributed by atoms with E-state index in [1.807, 2.05) is 17.6 Å². The number of ether oxygens (including phenoxy) is 2. The highest BCUT2D eigenvalue weighted by Crippen LogP contribution is 2.21. The molecule has 1 aromatic heterocycles. The van der Waals surface area contributed by atoms with Gasteiger partial charge in [0.2, 0.25) is 0 Å². The van der Waals surface area contributed by atoms with Crippen molar-refractivity contribution >= 4 is 29.6 Å². The van der Waals surface area contributed by atoms with Crippen molar-refractivity contribution in [3.8, 4) is 0 Å². The Balaban J connectivity index is 2.37. The van der Waals surface area contributed by atoms with E-state index >= 15 is 0 Å². The van der Waals surface area contributed by atoms with Crippen molar-refractivity contribution < 1.29 is 14.3 Å². The van der Waals surface area contributed by atoms with Crippen molar-refractivity contribution in [2.24, 2.45) is 0 Å². The van der Waals surface area contributed by atoms with Crippen LogP contribution in [0.5, 0.6) is 0 Å². The summed E-state index contributed by atoms with van der Waals surface area (Å²) < 4.78 is 11.9. The van der Waals surface area contributed by atoms with Crippen molar-refractivity contribution in [1.82, 2.24) is 9.55 Å². The molecule has 0 radical (unpaired) electrons. The zero-order valence-corrected chi connectivity index (χ0v) is 12.0.